The maximum absolute atomic E-state index is 13.7. The Bertz CT molecular complexity index is 2260. The van der Waals surface area contributed by atoms with Crippen molar-refractivity contribution in [1.29, 1.82) is 0 Å². The number of amides is 1. The average molecular weight is 695 g/mol. The number of nitrogens with one attached hydrogen (secondary N) is 2. The zero-order valence-corrected chi connectivity index (χ0v) is 30.8. The fourth-order valence-corrected chi connectivity index (χ4v) is 6.62. The summed E-state index contributed by atoms with van der Waals surface area (Å²) in [4.78, 5) is 49.1. The van der Waals surface area contributed by atoms with Crippen LogP contribution in [-0.2, 0) is 15.1 Å². The number of nitrogens with two attached hydrogens (primary N) is 1. The Kier molecular flexibility index (Phi) is 10.4. The molecule has 10 nitrogen and oxygen atoms in total. The lowest BCUT2D eigenvalue weighted by Crippen LogP contribution is -2.40. The summed E-state index contributed by atoms with van der Waals surface area (Å²) in [6.07, 6.45) is 0.116. The van der Waals surface area contributed by atoms with E-state index in [2.05, 4.69) is 21.8 Å². The smallest absolute Gasteiger partial charge is 0.244 e. The Morgan fingerprint density at radius 2 is 1.23 bits per heavy atom. The molecule has 266 valence electrons. The van der Waals surface area contributed by atoms with E-state index < -0.39 is 17.6 Å². The molecule has 4 aromatic carbocycles. The number of nitrogens with zero attached hydrogens (tertiary/aromatic N) is 5. The van der Waals surface area contributed by atoms with Crippen LogP contribution in [0, 0.1) is 11.8 Å². The number of carbonyl (C=O) groups excluding carboxylic acids is 2. The normalized spacial score (nSPS) is 14.5. The monoisotopic (exact) mass is 694 g/mol. The Hall–Kier alpha value is -5.60. The van der Waals surface area contributed by atoms with Crippen LogP contribution >= 0.6 is 0 Å². The molecule has 0 fully saturated rings. The molecule has 0 aliphatic carbocycles. The van der Waals surface area contributed by atoms with Crippen LogP contribution in [0.3, 0.4) is 0 Å². The Labute approximate surface area is 305 Å². The highest BCUT2D eigenvalue weighted by Crippen LogP contribution is 2.29. The second kappa shape index (κ2) is 14.9. The number of hydrogen-bond acceptors (Lipinski definition) is 7. The van der Waals surface area contributed by atoms with E-state index in [4.69, 9.17) is 15.7 Å². The van der Waals surface area contributed by atoms with Crippen molar-refractivity contribution in [3.8, 4) is 11.8 Å². The number of likely N-dealkylation sites (N-methyl/N-ethyl adjacent to an activating group) is 3. The van der Waals surface area contributed by atoms with Gasteiger partial charge >= 0.3 is 0 Å². The molecule has 2 aromatic heterocycles. The molecule has 4 N–H and O–H groups in total. The molecule has 0 unspecified atom stereocenters. The van der Waals surface area contributed by atoms with Gasteiger partial charge in [0.15, 0.2) is 5.78 Å². The second-order valence-corrected chi connectivity index (χ2v) is 14.2. The van der Waals surface area contributed by atoms with Crippen molar-refractivity contribution in [3.05, 3.63) is 131 Å². The predicted molar refractivity (Wildman–Crippen MR) is 206 cm³/mol. The van der Waals surface area contributed by atoms with Crippen LogP contribution in [0.4, 0.5) is 0 Å². The van der Waals surface area contributed by atoms with E-state index in [1.54, 1.807) is 4.90 Å². The van der Waals surface area contributed by atoms with Crippen molar-refractivity contribution in [1.82, 2.24) is 34.6 Å². The first-order chi connectivity index (χ1) is 24.8. The van der Waals surface area contributed by atoms with Crippen molar-refractivity contribution in [2.75, 3.05) is 35.2 Å². The molecular weight excluding hydrogens is 649 g/mol. The van der Waals surface area contributed by atoms with E-state index in [0.717, 1.165) is 44.3 Å². The first-order valence-corrected chi connectivity index (χ1v) is 17.4. The van der Waals surface area contributed by atoms with Crippen LogP contribution in [0.15, 0.2) is 97.1 Å². The van der Waals surface area contributed by atoms with Crippen molar-refractivity contribution < 1.29 is 9.59 Å². The number of hydrogen-bond donors (Lipinski definition) is 3. The highest BCUT2D eigenvalue weighted by molar-refractivity contribution is 5.87. The van der Waals surface area contributed by atoms with E-state index in [9.17, 15) is 9.59 Å². The van der Waals surface area contributed by atoms with Gasteiger partial charge in [0.2, 0.25) is 5.91 Å². The van der Waals surface area contributed by atoms with Crippen molar-refractivity contribution in [2.24, 2.45) is 5.73 Å². The summed E-state index contributed by atoms with van der Waals surface area (Å²) in [5.41, 5.74) is 12.4. The van der Waals surface area contributed by atoms with Crippen molar-refractivity contribution in [2.45, 2.75) is 43.9 Å². The van der Waals surface area contributed by atoms with Gasteiger partial charge in [-0.3, -0.25) is 19.4 Å². The number of aromatic nitrogens is 4. The molecule has 0 bridgehead atoms. The summed E-state index contributed by atoms with van der Waals surface area (Å²) in [6.45, 7) is 3.81. The molecule has 4 atom stereocenters. The third kappa shape index (κ3) is 7.67. The topological polar surface area (TPSA) is 127 Å². The molecule has 0 radical (unpaired) electrons. The van der Waals surface area contributed by atoms with Gasteiger partial charge in [0, 0.05) is 24.6 Å². The minimum atomic E-state index is -1.00. The van der Waals surface area contributed by atoms with E-state index in [1.807, 2.05) is 156 Å². The SMILES string of the molecule is C[C@@H](c1nc2ccc(C#Cc3ccc4nc([C@@](C)(N)CC(=O)[C@@H](c5ccccc5)N(C)C)[nH]c4c3)cc2[nH]1)N(C)C(=O)[C@@H](c1ccccc1)N(C)C. The minimum Gasteiger partial charge on any atom is -0.340 e. The number of H-pyrrole nitrogens is 2. The first kappa shape index (κ1) is 36.2. The predicted octanol–water partition coefficient (Wildman–Crippen LogP) is 6.10. The van der Waals surface area contributed by atoms with Gasteiger partial charge < -0.3 is 20.6 Å². The molecule has 2 heterocycles. The van der Waals surface area contributed by atoms with Gasteiger partial charge in [-0.15, -0.1) is 0 Å². The number of carbonyl (C=O) groups is 2. The molecule has 1 amide bonds. The molecule has 10 heteroatoms. The highest BCUT2D eigenvalue weighted by Gasteiger charge is 2.33. The summed E-state index contributed by atoms with van der Waals surface area (Å²) in [6, 6.07) is 30.1. The largest absolute Gasteiger partial charge is 0.340 e. The Morgan fingerprint density at radius 3 is 1.77 bits per heavy atom. The first-order valence-electron chi connectivity index (χ1n) is 17.4. The maximum atomic E-state index is 13.7. The highest BCUT2D eigenvalue weighted by atomic mass is 16.2. The van der Waals surface area contributed by atoms with Gasteiger partial charge in [0.05, 0.1) is 39.7 Å². The molecule has 6 aromatic rings. The van der Waals surface area contributed by atoms with Crippen LogP contribution in [-0.4, -0.2) is 81.6 Å². The molecule has 0 saturated carbocycles. The molecule has 52 heavy (non-hydrogen) atoms. The van der Waals surface area contributed by atoms with Gasteiger partial charge in [-0.1, -0.05) is 72.5 Å². The second-order valence-electron chi connectivity index (χ2n) is 14.2. The lowest BCUT2D eigenvalue weighted by Gasteiger charge is -2.31. The summed E-state index contributed by atoms with van der Waals surface area (Å²) in [7, 11) is 9.44. The quantitative estimate of drug-likeness (QED) is 0.140. The van der Waals surface area contributed by atoms with Crippen LogP contribution in [0.2, 0.25) is 0 Å². The number of fused-ring (bicyclic) bond motifs is 2. The fraction of sp³-hybridized carbons (Fsp3) is 0.286. The fourth-order valence-electron chi connectivity index (χ4n) is 6.62. The van der Waals surface area contributed by atoms with Crippen LogP contribution in [0.1, 0.15) is 72.3 Å². The standard InChI is InChI=1S/C42H46N8O2/c1-27(50(7)40(52)38(49(5)6)31-16-12-9-13-17-31)39-44-32-22-20-28(24-34(32)45-39)18-19-29-21-23-33-35(25-29)47-41(46-33)42(2,43)26-36(51)37(48(3)4)30-14-10-8-11-15-30/h8-17,20-25,27,37-38H,26,43H2,1-7H3,(H,44,45)(H,46,47)/t27-,37+,38+,42-/m0/s1. The number of ketones is 1. The van der Waals surface area contributed by atoms with Crippen LogP contribution < -0.4 is 5.73 Å². The lowest BCUT2D eigenvalue weighted by atomic mass is 9.89. The van der Waals surface area contributed by atoms with E-state index in [-0.39, 0.29) is 24.2 Å². The van der Waals surface area contributed by atoms with Gasteiger partial charge in [0.25, 0.3) is 0 Å². The summed E-state index contributed by atoms with van der Waals surface area (Å²) < 4.78 is 0. The number of rotatable bonds is 11. The molecular formula is C42H46N8O2. The Morgan fingerprint density at radius 1 is 0.731 bits per heavy atom. The molecule has 6 rings (SSSR count). The van der Waals surface area contributed by atoms with Crippen LogP contribution in [0.25, 0.3) is 22.1 Å². The van der Waals surface area contributed by atoms with Gasteiger partial charge in [-0.2, -0.15) is 0 Å². The minimum absolute atomic E-state index is 0.0114. The van der Waals surface area contributed by atoms with E-state index >= 15 is 0 Å². The number of Topliss-reactive ketones (excluding diaryl/α,β-unsaturated/α-hetero) is 1. The van der Waals surface area contributed by atoms with Crippen molar-refractivity contribution in [3.63, 3.8) is 0 Å². The number of benzene rings is 4. The molecule has 0 aliphatic heterocycles. The van der Waals surface area contributed by atoms with Gasteiger partial charge in [-0.05, 0) is 89.6 Å². The molecule has 0 aliphatic rings. The number of imidazole rings is 2. The zero-order valence-electron chi connectivity index (χ0n) is 30.8. The van der Waals surface area contributed by atoms with Crippen LogP contribution in [0.5, 0.6) is 0 Å². The molecule has 0 saturated heterocycles. The molecule has 0 spiro atoms. The third-order valence-electron chi connectivity index (χ3n) is 9.54. The van der Waals surface area contributed by atoms with Gasteiger partial charge in [-0.25, -0.2) is 9.97 Å². The average Bonchev–Trinajstić information content (AvgIpc) is 3.75. The zero-order chi connectivity index (χ0) is 37.2. The number of aromatic amines is 2. The van der Waals surface area contributed by atoms with E-state index in [1.165, 1.54) is 0 Å². The lowest BCUT2D eigenvalue weighted by molar-refractivity contribution is -0.137. The summed E-state index contributed by atoms with van der Waals surface area (Å²) in [5.74, 6) is 7.79. The third-order valence-corrected chi connectivity index (χ3v) is 9.54. The maximum Gasteiger partial charge on any atom is 0.244 e. The van der Waals surface area contributed by atoms with Gasteiger partial charge in [0.1, 0.15) is 17.7 Å². The Balaban J connectivity index is 1.17. The van der Waals surface area contributed by atoms with E-state index in [0.29, 0.717) is 11.6 Å². The summed E-state index contributed by atoms with van der Waals surface area (Å²) in [5, 5.41) is 0. The summed E-state index contributed by atoms with van der Waals surface area (Å²) >= 11 is 0. The van der Waals surface area contributed by atoms with Crippen molar-refractivity contribution >= 4 is 33.8 Å².